The van der Waals surface area contributed by atoms with Gasteiger partial charge in [0.1, 0.15) is 11.3 Å². The van der Waals surface area contributed by atoms with Gasteiger partial charge in [-0.1, -0.05) is 36.4 Å². The molecule has 0 aliphatic rings. The average molecular weight is 420 g/mol. The summed E-state index contributed by atoms with van der Waals surface area (Å²) in [6.45, 7) is 0. The van der Waals surface area contributed by atoms with E-state index in [2.05, 4.69) is 0 Å². The third kappa shape index (κ3) is 3.74. The molecule has 1 aromatic heterocycles. The smallest absolute Gasteiger partial charge is 0.344 e. The maximum Gasteiger partial charge on any atom is 0.344 e. The van der Waals surface area contributed by atoms with E-state index in [0.29, 0.717) is 22.5 Å². The number of methoxy groups -OCH3 is 2. The Balaban J connectivity index is 1.93. The van der Waals surface area contributed by atoms with Crippen LogP contribution in [0.3, 0.4) is 0 Å². The minimum absolute atomic E-state index is 0.0786. The Labute approximate surface area is 177 Å². The highest BCUT2D eigenvalue weighted by Crippen LogP contribution is 2.45. The number of hydrogen-bond acceptors (Lipinski definition) is 6. The van der Waals surface area contributed by atoms with Crippen molar-refractivity contribution >= 4 is 22.7 Å². The molecule has 5 nitrogen and oxygen atoms in total. The standard InChI is InChI=1S/C24H20O5S/c1-27-19-13-12-15(14-20(19)28-2)23(30-16-8-4-3-5-9-16)21-22(25)17-10-6-7-11-18(17)29-24(21)26/h3-14,23,25H,1-2H3. The molecule has 0 saturated heterocycles. The minimum atomic E-state index is -0.575. The first-order chi connectivity index (χ1) is 14.6. The summed E-state index contributed by atoms with van der Waals surface area (Å²) in [6, 6.07) is 22.1. The fourth-order valence-electron chi connectivity index (χ4n) is 3.32. The van der Waals surface area contributed by atoms with Crippen LogP contribution in [0, 0.1) is 0 Å². The van der Waals surface area contributed by atoms with E-state index in [0.717, 1.165) is 10.5 Å². The molecule has 0 spiro atoms. The molecule has 3 aromatic carbocycles. The topological polar surface area (TPSA) is 68.9 Å². The summed E-state index contributed by atoms with van der Waals surface area (Å²) in [5.74, 6) is 1.04. The molecule has 4 aromatic rings. The number of rotatable bonds is 6. The Kier molecular flexibility index (Phi) is 5.68. The van der Waals surface area contributed by atoms with Gasteiger partial charge in [0.25, 0.3) is 0 Å². The Bertz CT molecular complexity index is 1230. The maximum absolute atomic E-state index is 12.9. The normalized spacial score (nSPS) is 11.9. The number of aromatic hydroxyl groups is 1. The molecule has 1 N–H and O–H groups in total. The largest absolute Gasteiger partial charge is 0.507 e. The molecule has 0 aliphatic carbocycles. The first-order valence-electron chi connectivity index (χ1n) is 9.30. The van der Waals surface area contributed by atoms with Crippen LogP contribution >= 0.6 is 11.8 Å². The number of thioether (sulfide) groups is 1. The number of para-hydroxylation sites is 1. The zero-order valence-electron chi connectivity index (χ0n) is 16.5. The molecule has 6 heteroatoms. The van der Waals surface area contributed by atoms with Gasteiger partial charge in [-0.05, 0) is 42.0 Å². The number of fused-ring (bicyclic) bond motifs is 1. The second kappa shape index (κ2) is 8.55. The molecular formula is C24H20O5S. The lowest BCUT2D eigenvalue weighted by Crippen LogP contribution is -2.12. The summed E-state index contributed by atoms with van der Waals surface area (Å²) in [4.78, 5) is 13.9. The third-order valence-electron chi connectivity index (χ3n) is 4.79. The van der Waals surface area contributed by atoms with Gasteiger partial charge >= 0.3 is 5.63 Å². The van der Waals surface area contributed by atoms with Crippen molar-refractivity contribution in [1.82, 2.24) is 0 Å². The summed E-state index contributed by atoms with van der Waals surface area (Å²) in [5, 5.41) is 11.0. The zero-order chi connectivity index (χ0) is 21.1. The lowest BCUT2D eigenvalue weighted by atomic mass is 10.0. The van der Waals surface area contributed by atoms with E-state index in [-0.39, 0.29) is 11.3 Å². The molecule has 0 bridgehead atoms. The molecular weight excluding hydrogens is 400 g/mol. The Morgan fingerprint density at radius 2 is 1.60 bits per heavy atom. The van der Waals surface area contributed by atoms with E-state index in [4.69, 9.17) is 13.9 Å². The van der Waals surface area contributed by atoms with E-state index in [1.807, 2.05) is 42.5 Å². The lowest BCUT2D eigenvalue weighted by Gasteiger charge is -2.20. The highest BCUT2D eigenvalue weighted by atomic mass is 32.2. The molecule has 0 fully saturated rings. The second-order valence-electron chi connectivity index (χ2n) is 6.57. The monoisotopic (exact) mass is 420 g/mol. The molecule has 0 saturated carbocycles. The van der Waals surface area contributed by atoms with Gasteiger partial charge in [0, 0.05) is 4.90 Å². The summed E-state index contributed by atoms with van der Waals surface area (Å²) in [5.41, 5.74) is 0.739. The predicted octanol–water partition coefficient (Wildman–Crippen LogP) is 5.40. The van der Waals surface area contributed by atoms with Crippen LogP contribution in [-0.4, -0.2) is 19.3 Å². The maximum atomic E-state index is 12.9. The van der Waals surface area contributed by atoms with Gasteiger partial charge in [0.2, 0.25) is 0 Å². The quantitative estimate of drug-likeness (QED) is 0.333. The summed E-state index contributed by atoms with van der Waals surface area (Å²) >= 11 is 1.45. The van der Waals surface area contributed by atoms with Crippen LogP contribution in [0.1, 0.15) is 16.4 Å². The van der Waals surface area contributed by atoms with Gasteiger partial charge < -0.3 is 19.0 Å². The van der Waals surface area contributed by atoms with E-state index in [1.165, 1.54) is 11.8 Å². The molecule has 152 valence electrons. The predicted molar refractivity (Wildman–Crippen MR) is 118 cm³/mol. The third-order valence-corrected chi connectivity index (χ3v) is 6.08. The van der Waals surface area contributed by atoms with Crippen LogP contribution < -0.4 is 15.1 Å². The van der Waals surface area contributed by atoms with E-state index < -0.39 is 10.9 Å². The second-order valence-corrected chi connectivity index (χ2v) is 7.75. The first kappa shape index (κ1) is 19.9. The summed E-state index contributed by atoms with van der Waals surface area (Å²) < 4.78 is 16.3. The molecule has 0 radical (unpaired) electrons. The first-order valence-corrected chi connectivity index (χ1v) is 10.2. The molecule has 1 unspecified atom stereocenters. The van der Waals surface area contributed by atoms with Crippen molar-refractivity contribution in [3.63, 3.8) is 0 Å². The summed E-state index contributed by atoms with van der Waals surface area (Å²) in [7, 11) is 3.13. The molecule has 1 heterocycles. The van der Waals surface area contributed by atoms with E-state index in [1.54, 1.807) is 44.6 Å². The molecule has 4 rings (SSSR count). The Morgan fingerprint density at radius 1 is 0.900 bits per heavy atom. The lowest BCUT2D eigenvalue weighted by molar-refractivity contribution is 0.354. The molecule has 30 heavy (non-hydrogen) atoms. The average Bonchev–Trinajstić information content (AvgIpc) is 2.78. The number of ether oxygens (including phenoxy) is 2. The van der Waals surface area contributed by atoms with Crippen molar-refractivity contribution in [2.75, 3.05) is 14.2 Å². The van der Waals surface area contributed by atoms with Crippen LogP contribution in [-0.2, 0) is 0 Å². The van der Waals surface area contributed by atoms with Crippen molar-refractivity contribution in [1.29, 1.82) is 0 Å². The fraction of sp³-hybridized carbons (Fsp3) is 0.125. The van der Waals surface area contributed by atoms with Gasteiger partial charge in [0.15, 0.2) is 11.5 Å². The molecule has 0 amide bonds. The van der Waals surface area contributed by atoms with Crippen LogP contribution in [0.5, 0.6) is 17.2 Å². The number of benzene rings is 3. The molecule has 1 atom stereocenters. The zero-order valence-corrected chi connectivity index (χ0v) is 17.3. The van der Waals surface area contributed by atoms with Crippen molar-refractivity contribution in [3.05, 3.63) is 94.3 Å². The van der Waals surface area contributed by atoms with Gasteiger partial charge in [-0.3, -0.25) is 0 Å². The van der Waals surface area contributed by atoms with E-state index in [9.17, 15) is 9.90 Å². The van der Waals surface area contributed by atoms with Crippen LogP contribution in [0.2, 0.25) is 0 Å². The van der Waals surface area contributed by atoms with Gasteiger partial charge in [-0.25, -0.2) is 4.79 Å². The van der Waals surface area contributed by atoms with Crippen molar-refractivity contribution in [3.8, 4) is 17.2 Å². The van der Waals surface area contributed by atoms with Gasteiger partial charge in [0.05, 0.1) is 30.4 Å². The van der Waals surface area contributed by atoms with Crippen molar-refractivity contribution < 1.29 is 19.0 Å². The van der Waals surface area contributed by atoms with E-state index >= 15 is 0 Å². The highest BCUT2D eigenvalue weighted by Gasteiger charge is 2.26. The Hall–Kier alpha value is -3.38. The van der Waals surface area contributed by atoms with Crippen LogP contribution in [0.4, 0.5) is 0 Å². The van der Waals surface area contributed by atoms with Crippen LogP contribution in [0.15, 0.2) is 86.9 Å². The molecule has 0 aliphatic heterocycles. The van der Waals surface area contributed by atoms with Gasteiger partial charge in [-0.15, -0.1) is 11.8 Å². The van der Waals surface area contributed by atoms with Crippen LogP contribution in [0.25, 0.3) is 11.0 Å². The Morgan fingerprint density at radius 3 is 2.33 bits per heavy atom. The minimum Gasteiger partial charge on any atom is -0.507 e. The SMILES string of the molecule is COc1ccc(C(Sc2ccccc2)c2c(O)c3ccccc3oc2=O)cc1OC. The fourth-order valence-corrected chi connectivity index (χ4v) is 4.52. The van der Waals surface area contributed by atoms with Crippen molar-refractivity contribution in [2.24, 2.45) is 0 Å². The highest BCUT2D eigenvalue weighted by molar-refractivity contribution is 7.99. The van der Waals surface area contributed by atoms with Crippen molar-refractivity contribution in [2.45, 2.75) is 10.1 Å². The van der Waals surface area contributed by atoms with Gasteiger partial charge in [-0.2, -0.15) is 0 Å². The number of hydrogen-bond donors (Lipinski definition) is 1. The summed E-state index contributed by atoms with van der Waals surface area (Å²) in [6.07, 6.45) is 0.